The fourth-order valence-corrected chi connectivity index (χ4v) is 1.33. The Kier molecular flexibility index (Phi) is 6.08. The molecule has 0 bridgehead atoms. The number of hydrogen-bond donors (Lipinski definition) is 2. The molecule has 0 aromatic heterocycles. The summed E-state index contributed by atoms with van der Waals surface area (Å²) in [6.07, 6.45) is 2.14. The summed E-state index contributed by atoms with van der Waals surface area (Å²) in [4.78, 5) is 11.3. The van der Waals surface area contributed by atoms with Crippen molar-refractivity contribution in [3.8, 4) is 0 Å². The highest BCUT2D eigenvalue weighted by Gasteiger charge is 2.16. The molecule has 2 N–H and O–H groups in total. The van der Waals surface area contributed by atoms with Gasteiger partial charge in [0, 0.05) is 12.0 Å². The van der Waals surface area contributed by atoms with Gasteiger partial charge in [-0.05, 0) is 25.9 Å². The molecular formula is C9H19ClN2O. The molecule has 1 amide bonds. The van der Waals surface area contributed by atoms with E-state index in [1.54, 1.807) is 0 Å². The topological polar surface area (TPSA) is 41.1 Å². The number of piperidine rings is 1. The molecule has 1 aliphatic rings. The third-order valence-electron chi connectivity index (χ3n) is 2.21. The molecular weight excluding hydrogens is 188 g/mol. The van der Waals surface area contributed by atoms with E-state index in [0.29, 0.717) is 6.04 Å². The number of rotatable bonds is 2. The lowest BCUT2D eigenvalue weighted by Gasteiger charge is -2.24. The van der Waals surface area contributed by atoms with Gasteiger partial charge in [-0.1, -0.05) is 13.8 Å². The van der Waals surface area contributed by atoms with Crippen molar-refractivity contribution in [1.29, 1.82) is 0 Å². The highest BCUT2D eigenvalue weighted by Crippen LogP contribution is 2.03. The van der Waals surface area contributed by atoms with Crippen LogP contribution in [0.1, 0.15) is 26.7 Å². The van der Waals surface area contributed by atoms with E-state index < -0.39 is 0 Å². The van der Waals surface area contributed by atoms with Gasteiger partial charge in [-0.25, -0.2) is 0 Å². The largest absolute Gasteiger partial charge is 0.353 e. The predicted molar refractivity (Wildman–Crippen MR) is 56.1 cm³/mol. The lowest BCUT2D eigenvalue weighted by atomic mass is 10.1. The summed E-state index contributed by atoms with van der Waals surface area (Å²) in [5.74, 6) is 0.293. The van der Waals surface area contributed by atoms with Gasteiger partial charge in [-0.2, -0.15) is 0 Å². The molecule has 0 aromatic carbocycles. The predicted octanol–water partition coefficient (Wildman–Crippen LogP) is 0.932. The van der Waals surface area contributed by atoms with Gasteiger partial charge in [0.25, 0.3) is 0 Å². The van der Waals surface area contributed by atoms with E-state index in [4.69, 9.17) is 0 Å². The summed E-state index contributed by atoms with van der Waals surface area (Å²) in [6.45, 7) is 5.92. The number of carbonyl (C=O) groups excluding carboxylic acids is 1. The van der Waals surface area contributed by atoms with Crippen molar-refractivity contribution < 1.29 is 4.79 Å². The van der Waals surface area contributed by atoms with Crippen molar-refractivity contribution in [2.24, 2.45) is 5.92 Å². The molecule has 3 nitrogen and oxygen atoms in total. The van der Waals surface area contributed by atoms with Crippen LogP contribution in [0.2, 0.25) is 0 Å². The Labute approximate surface area is 86.1 Å². The van der Waals surface area contributed by atoms with E-state index in [1.807, 2.05) is 13.8 Å². The molecule has 0 radical (unpaired) electrons. The summed E-state index contributed by atoms with van der Waals surface area (Å²) in [7, 11) is 0. The molecule has 0 spiro atoms. The minimum Gasteiger partial charge on any atom is -0.353 e. The van der Waals surface area contributed by atoms with E-state index in [1.165, 1.54) is 0 Å². The van der Waals surface area contributed by atoms with Crippen molar-refractivity contribution >= 4 is 18.3 Å². The van der Waals surface area contributed by atoms with Gasteiger partial charge in [-0.3, -0.25) is 4.79 Å². The lowest BCUT2D eigenvalue weighted by Crippen LogP contribution is -2.44. The molecule has 1 heterocycles. The Morgan fingerprint density at radius 3 is 2.38 bits per heavy atom. The molecule has 1 fully saturated rings. The van der Waals surface area contributed by atoms with Crippen LogP contribution < -0.4 is 10.6 Å². The van der Waals surface area contributed by atoms with E-state index in [9.17, 15) is 4.79 Å². The van der Waals surface area contributed by atoms with Crippen LogP contribution in [0.15, 0.2) is 0 Å². The maximum Gasteiger partial charge on any atom is 0.222 e. The Morgan fingerprint density at radius 1 is 1.38 bits per heavy atom. The van der Waals surface area contributed by atoms with E-state index in [-0.39, 0.29) is 24.2 Å². The molecule has 0 aliphatic carbocycles. The van der Waals surface area contributed by atoms with Crippen LogP contribution in [0.25, 0.3) is 0 Å². The van der Waals surface area contributed by atoms with Crippen LogP contribution in [0.4, 0.5) is 0 Å². The second-order valence-electron chi connectivity index (χ2n) is 3.69. The SMILES string of the molecule is CC(C)C(=O)NC1CCNCC1.Cl. The summed E-state index contributed by atoms with van der Waals surface area (Å²) >= 11 is 0. The molecule has 13 heavy (non-hydrogen) atoms. The van der Waals surface area contributed by atoms with Crippen molar-refractivity contribution in [2.75, 3.05) is 13.1 Å². The third-order valence-corrected chi connectivity index (χ3v) is 2.21. The molecule has 1 saturated heterocycles. The Balaban J connectivity index is 0.00000144. The average molecular weight is 207 g/mol. The van der Waals surface area contributed by atoms with Gasteiger partial charge in [0.1, 0.15) is 0 Å². The van der Waals surface area contributed by atoms with E-state index in [0.717, 1.165) is 25.9 Å². The zero-order valence-corrected chi connectivity index (χ0v) is 9.12. The first-order valence-corrected chi connectivity index (χ1v) is 4.71. The molecule has 0 atom stereocenters. The Morgan fingerprint density at radius 2 is 1.92 bits per heavy atom. The van der Waals surface area contributed by atoms with E-state index in [2.05, 4.69) is 10.6 Å². The van der Waals surface area contributed by atoms with Crippen LogP contribution in [0, 0.1) is 5.92 Å². The summed E-state index contributed by atoms with van der Waals surface area (Å²) < 4.78 is 0. The van der Waals surface area contributed by atoms with E-state index >= 15 is 0 Å². The molecule has 0 aromatic rings. The van der Waals surface area contributed by atoms with Gasteiger partial charge in [0.05, 0.1) is 0 Å². The first-order chi connectivity index (χ1) is 5.70. The molecule has 0 unspecified atom stereocenters. The van der Waals surface area contributed by atoms with Crippen LogP contribution >= 0.6 is 12.4 Å². The summed E-state index contributed by atoms with van der Waals surface area (Å²) in [5, 5.41) is 6.31. The van der Waals surface area contributed by atoms with Crippen LogP contribution in [-0.2, 0) is 4.79 Å². The number of amides is 1. The van der Waals surface area contributed by atoms with Crippen molar-refractivity contribution in [2.45, 2.75) is 32.7 Å². The van der Waals surface area contributed by atoms with Crippen molar-refractivity contribution in [3.63, 3.8) is 0 Å². The Hall–Kier alpha value is -0.280. The molecule has 0 saturated carbocycles. The normalized spacial score (nSPS) is 18.1. The van der Waals surface area contributed by atoms with Crippen molar-refractivity contribution in [1.82, 2.24) is 10.6 Å². The van der Waals surface area contributed by atoms with Gasteiger partial charge in [0.2, 0.25) is 5.91 Å². The first kappa shape index (κ1) is 12.7. The smallest absolute Gasteiger partial charge is 0.222 e. The second-order valence-corrected chi connectivity index (χ2v) is 3.69. The minimum absolute atomic E-state index is 0. The fourth-order valence-electron chi connectivity index (χ4n) is 1.33. The highest BCUT2D eigenvalue weighted by molar-refractivity contribution is 5.85. The van der Waals surface area contributed by atoms with Gasteiger partial charge in [-0.15, -0.1) is 12.4 Å². The lowest BCUT2D eigenvalue weighted by molar-refractivity contribution is -0.124. The molecule has 78 valence electrons. The zero-order chi connectivity index (χ0) is 8.97. The van der Waals surface area contributed by atoms with Gasteiger partial charge >= 0.3 is 0 Å². The first-order valence-electron chi connectivity index (χ1n) is 4.71. The van der Waals surface area contributed by atoms with Gasteiger partial charge < -0.3 is 10.6 Å². The molecule has 1 aliphatic heterocycles. The van der Waals surface area contributed by atoms with Crippen LogP contribution in [-0.4, -0.2) is 25.0 Å². The van der Waals surface area contributed by atoms with Crippen LogP contribution in [0.5, 0.6) is 0 Å². The standard InChI is InChI=1S/C9H18N2O.ClH/c1-7(2)9(12)11-8-3-5-10-6-4-8;/h7-8,10H,3-6H2,1-2H3,(H,11,12);1H. The number of nitrogens with one attached hydrogen (secondary N) is 2. The number of halogens is 1. The zero-order valence-electron chi connectivity index (χ0n) is 8.30. The quantitative estimate of drug-likeness (QED) is 0.706. The third kappa shape index (κ3) is 4.48. The fraction of sp³-hybridized carbons (Fsp3) is 0.889. The van der Waals surface area contributed by atoms with Gasteiger partial charge in [0.15, 0.2) is 0 Å². The highest BCUT2D eigenvalue weighted by atomic mass is 35.5. The Bertz CT molecular complexity index is 156. The molecule has 4 heteroatoms. The maximum absolute atomic E-state index is 11.3. The summed E-state index contributed by atoms with van der Waals surface area (Å²) in [6, 6.07) is 0.404. The summed E-state index contributed by atoms with van der Waals surface area (Å²) in [5.41, 5.74) is 0. The minimum atomic E-state index is 0. The van der Waals surface area contributed by atoms with Crippen molar-refractivity contribution in [3.05, 3.63) is 0 Å². The average Bonchev–Trinajstić information content (AvgIpc) is 2.06. The number of carbonyl (C=O) groups is 1. The van der Waals surface area contributed by atoms with Crippen LogP contribution in [0.3, 0.4) is 0 Å². The monoisotopic (exact) mass is 206 g/mol. The molecule has 1 rings (SSSR count). The number of hydrogen-bond acceptors (Lipinski definition) is 2. The second kappa shape index (κ2) is 6.22. The maximum atomic E-state index is 11.3.